The molecule has 0 radical (unpaired) electrons. The van der Waals surface area contributed by atoms with Gasteiger partial charge in [0.25, 0.3) is 0 Å². The second kappa shape index (κ2) is 15.8. The lowest BCUT2D eigenvalue weighted by molar-refractivity contribution is 0.104. The number of carbonyl (C=O) groups excluding carboxylic acids is 1. The molecule has 0 fully saturated rings. The molecule has 2 aromatic carbocycles. The van der Waals surface area contributed by atoms with Gasteiger partial charge < -0.3 is 4.74 Å². The van der Waals surface area contributed by atoms with E-state index in [0.717, 1.165) is 29.2 Å². The van der Waals surface area contributed by atoms with Crippen LogP contribution >= 0.6 is 11.8 Å². The molecule has 0 unspecified atom stereocenters. The van der Waals surface area contributed by atoms with E-state index in [1.165, 1.54) is 57.8 Å². The summed E-state index contributed by atoms with van der Waals surface area (Å²) in [6.07, 6.45) is 16.7. The quantitative estimate of drug-likeness (QED) is 0.103. The predicted molar refractivity (Wildman–Crippen MR) is 149 cm³/mol. The van der Waals surface area contributed by atoms with Gasteiger partial charge in [-0.3, -0.25) is 4.79 Å². The van der Waals surface area contributed by atoms with Crippen molar-refractivity contribution in [1.82, 2.24) is 0 Å². The molecule has 3 heteroatoms. The summed E-state index contributed by atoms with van der Waals surface area (Å²) in [5.74, 6) is 0.937. The van der Waals surface area contributed by atoms with Crippen molar-refractivity contribution >= 4 is 23.6 Å². The molecule has 0 aromatic heterocycles. The van der Waals surface area contributed by atoms with Crippen molar-refractivity contribution in [2.45, 2.75) is 102 Å². The lowest BCUT2D eigenvalue weighted by Gasteiger charge is -2.20. The fourth-order valence-electron chi connectivity index (χ4n) is 3.80. The van der Waals surface area contributed by atoms with Crippen LogP contribution in [0.4, 0.5) is 0 Å². The first-order valence-electron chi connectivity index (χ1n) is 13.1. The third-order valence-electron chi connectivity index (χ3n) is 5.62. The fraction of sp³-hybridized carbons (Fsp3) is 0.516. The Labute approximate surface area is 212 Å². The molecule has 0 spiro atoms. The summed E-state index contributed by atoms with van der Waals surface area (Å²) in [6.45, 7) is 9.67. The molecular formula is C31H44O2S. The van der Waals surface area contributed by atoms with Gasteiger partial charge in [0.2, 0.25) is 0 Å². The van der Waals surface area contributed by atoms with E-state index in [0.29, 0.717) is 5.56 Å². The van der Waals surface area contributed by atoms with Gasteiger partial charge in [-0.15, -0.1) is 11.8 Å². The molecule has 0 aliphatic heterocycles. The van der Waals surface area contributed by atoms with Crippen molar-refractivity contribution in [3.8, 4) is 5.75 Å². The lowest BCUT2D eigenvalue weighted by atomic mass is 10.1. The van der Waals surface area contributed by atoms with E-state index in [1.54, 1.807) is 6.08 Å². The van der Waals surface area contributed by atoms with Gasteiger partial charge in [0.1, 0.15) is 5.75 Å². The van der Waals surface area contributed by atoms with Gasteiger partial charge in [-0.2, -0.15) is 0 Å². The van der Waals surface area contributed by atoms with Crippen LogP contribution in [0.2, 0.25) is 0 Å². The number of hydrogen-bond donors (Lipinski definition) is 0. The standard InChI is InChI=1S/C31H44O2S/c1-5-6-7-8-9-10-11-12-13-17-24-33-29-25-26(21-23-30(29)34-31(2,3)4)20-22-28(32)27-18-15-14-16-19-27/h14-16,18-23,25H,5-13,17,24H2,1-4H3. The molecule has 0 amide bonds. The third-order valence-corrected chi connectivity index (χ3v) is 6.79. The van der Waals surface area contributed by atoms with E-state index in [9.17, 15) is 4.79 Å². The zero-order chi connectivity index (χ0) is 24.7. The molecule has 0 saturated carbocycles. The van der Waals surface area contributed by atoms with Gasteiger partial charge in [0.05, 0.1) is 6.61 Å². The normalized spacial score (nSPS) is 11.8. The van der Waals surface area contributed by atoms with Crippen molar-refractivity contribution in [3.63, 3.8) is 0 Å². The topological polar surface area (TPSA) is 26.3 Å². The molecule has 0 bridgehead atoms. The second-order valence-electron chi connectivity index (χ2n) is 10.0. The average molecular weight is 481 g/mol. The minimum absolute atomic E-state index is 0.0153. The molecule has 0 aliphatic rings. The van der Waals surface area contributed by atoms with E-state index in [-0.39, 0.29) is 10.5 Å². The Balaban J connectivity index is 1.86. The number of carbonyl (C=O) groups is 1. The highest BCUT2D eigenvalue weighted by Gasteiger charge is 2.16. The van der Waals surface area contributed by atoms with Crippen molar-refractivity contribution < 1.29 is 9.53 Å². The minimum Gasteiger partial charge on any atom is -0.492 e. The highest BCUT2D eigenvalue weighted by molar-refractivity contribution is 8.00. The first-order valence-corrected chi connectivity index (χ1v) is 13.9. The Bertz CT molecular complexity index is 865. The number of benzene rings is 2. The van der Waals surface area contributed by atoms with Crippen LogP contribution in [-0.2, 0) is 0 Å². The van der Waals surface area contributed by atoms with Gasteiger partial charge in [-0.25, -0.2) is 0 Å². The molecule has 186 valence electrons. The molecule has 0 N–H and O–H groups in total. The molecule has 0 saturated heterocycles. The number of unbranched alkanes of at least 4 members (excludes halogenated alkanes) is 9. The van der Waals surface area contributed by atoms with Gasteiger partial charge in [-0.1, -0.05) is 128 Å². The number of thioether (sulfide) groups is 1. The Morgan fingerprint density at radius 1 is 0.853 bits per heavy atom. The molecular weight excluding hydrogens is 436 g/mol. The van der Waals surface area contributed by atoms with Crippen LogP contribution in [0, 0.1) is 0 Å². The predicted octanol–water partition coefficient (Wildman–Crippen LogP) is 9.77. The van der Waals surface area contributed by atoms with Crippen LogP contribution in [0.3, 0.4) is 0 Å². The SMILES string of the molecule is CCCCCCCCCCCCOc1cc(C=CC(=O)c2ccccc2)ccc1SC(C)(C)C. The minimum atomic E-state index is 0.0153. The van der Waals surface area contributed by atoms with Crippen molar-refractivity contribution in [2.75, 3.05) is 6.61 Å². The van der Waals surface area contributed by atoms with Crippen LogP contribution in [0.1, 0.15) is 108 Å². The molecule has 34 heavy (non-hydrogen) atoms. The number of allylic oxidation sites excluding steroid dienone is 1. The molecule has 0 heterocycles. The number of ether oxygens (including phenoxy) is 1. The maximum atomic E-state index is 12.4. The Morgan fingerprint density at radius 2 is 1.47 bits per heavy atom. The lowest BCUT2D eigenvalue weighted by Crippen LogP contribution is -2.08. The first-order chi connectivity index (χ1) is 16.4. The van der Waals surface area contributed by atoms with Gasteiger partial charge in [0.15, 0.2) is 5.78 Å². The van der Waals surface area contributed by atoms with Gasteiger partial charge in [0, 0.05) is 15.2 Å². The van der Waals surface area contributed by atoms with Crippen LogP contribution in [0.25, 0.3) is 6.08 Å². The monoisotopic (exact) mass is 480 g/mol. The Kier molecular flexibility index (Phi) is 13.1. The maximum Gasteiger partial charge on any atom is 0.185 e. The molecule has 2 nitrogen and oxygen atoms in total. The van der Waals surface area contributed by atoms with Crippen LogP contribution in [0.5, 0.6) is 5.75 Å². The second-order valence-corrected chi connectivity index (χ2v) is 11.9. The molecule has 0 atom stereocenters. The molecule has 0 aliphatic carbocycles. The summed E-state index contributed by atoms with van der Waals surface area (Å²) in [6, 6.07) is 15.6. The summed E-state index contributed by atoms with van der Waals surface area (Å²) in [5, 5.41) is 0. The smallest absolute Gasteiger partial charge is 0.185 e. The van der Waals surface area contributed by atoms with E-state index in [4.69, 9.17) is 4.74 Å². The summed E-state index contributed by atoms with van der Waals surface area (Å²) >= 11 is 1.82. The van der Waals surface area contributed by atoms with Gasteiger partial charge >= 0.3 is 0 Å². The van der Waals surface area contributed by atoms with E-state index < -0.39 is 0 Å². The van der Waals surface area contributed by atoms with E-state index >= 15 is 0 Å². The number of ketones is 1. The summed E-state index contributed by atoms with van der Waals surface area (Å²) in [7, 11) is 0. The highest BCUT2D eigenvalue weighted by Crippen LogP contribution is 2.38. The summed E-state index contributed by atoms with van der Waals surface area (Å²) < 4.78 is 6.35. The van der Waals surface area contributed by atoms with Crippen molar-refractivity contribution in [1.29, 1.82) is 0 Å². The number of rotatable bonds is 16. The zero-order valence-electron chi connectivity index (χ0n) is 21.8. The van der Waals surface area contributed by atoms with Crippen LogP contribution in [0.15, 0.2) is 59.5 Å². The zero-order valence-corrected chi connectivity index (χ0v) is 22.6. The maximum absolute atomic E-state index is 12.4. The summed E-state index contributed by atoms with van der Waals surface area (Å²) in [4.78, 5) is 13.6. The Hall–Kier alpha value is -2.00. The van der Waals surface area contributed by atoms with E-state index in [1.807, 2.05) is 48.2 Å². The number of hydrogen-bond acceptors (Lipinski definition) is 3. The van der Waals surface area contributed by atoms with Crippen molar-refractivity contribution in [3.05, 3.63) is 65.7 Å². The van der Waals surface area contributed by atoms with Crippen LogP contribution < -0.4 is 4.74 Å². The van der Waals surface area contributed by atoms with Crippen molar-refractivity contribution in [2.24, 2.45) is 0 Å². The largest absolute Gasteiger partial charge is 0.492 e. The summed E-state index contributed by atoms with van der Waals surface area (Å²) in [5.41, 5.74) is 1.69. The first kappa shape index (κ1) is 28.2. The third kappa shape index (κ3) is 11.9. The van der Waals surface area contributed by atoms with E-state index in [2.05, 4.69) is 45.9 Å². The van der Waals surface area contributed by atoms with Gasteiger partial charge in [-0.05, 0) is 30.2 Å². The average Bonchev–Trinajstić information content (AvgIpc) is 2.82. The van der Waals surface area contributed by atoms with Crippen LogP contribution in [-0.4, -0.2) is 17.1 Å². The highest BCUT2D eigenvalue weighted by atomic mass is 32.2. The molecule has 2 aromatic rings. The fourth-order valence-corrected chi connectivity index (χ4v) is 4.81. The molecule has 2 rings (SSSR count). The Morgan fingerprint density at radius 3 is 2.09 bits per heavy atom.